The predicted octanol–water partition coefficient (Wildman–Crippen LogP) is 3.49. The Morgan fingerprint density at radius 1 is 1.19 bits per heavy atom. The van der Waals surface area contributed by atoms with E-state index in [-0.39, 0.29) is 6.03 Å². The normalized spacial score (nSPS) is 15.1. The Balaban J connectivity index is 1.55. The van der Waals surface area contributed by atoms with Crippen molar-refractivity contribution in [2.75, 3.05) is 36.8 Å². The van der Waals surface area contributed by atoms with Gasteiger partial charge in [-0.3, -0.25) is 15.5 Å². The van der Waals surface area contributed by atoms with E-state index in [0.29, 0.717) is 17.6 Å². The Hall–Kier alpha value is -2.03. The summed E-state index contributed by atoms with van der Waals surface area (Å²) in [5.41, 5.74) is 0.943. The molecule has 27 heavy (non-hydrogen) atoms. The summed E-state index contributed by atoms with van der Waals surface area (Å²) in [7, 11) is 0. The predicted molar refractivity (Wildman–Crippen MR) is 110 cm³/mol. The van der Waals surface area contributed by atoms with Gasteiger partial charge in [-0.1, -0.05) is 19.9 Å². The number of urea groups is 1. The molecule has 1 aliphatic heterocycles. The van der Waals surface area contributed by atoms with Crippen LogP contribution >= 0.6 is 11.3 Å². The standard InChI is InChI=1S/C19H28N6OS/c1-3-25(4-2)12-15-6-5-7-16(21-15)23-19(26)24-17-13-27-18(22-17)14-8-10-20-11-9-14/h5-7,13-14,20H,3-4,8-12H2,1-2H3,(H2,21,23,24,26). The summed E-state index contributed by atoms with van der Waals surface area (Å²) in [6.45, 7) is 9.04. The maximum Gasteiger partial charge on any atom is 0.326 e. The zero-order valence-corrected chi connectivity index (χ0v) is 16.8. The van der Waals surface area contributed by atoms with Crippen LogP contribution in [-0.2, 0) is 6.54 Å². The third-order valence-corrected chi connectivity index (χ3v) is 5.79. The van der Waals surface area contributed by atoms with Crippen LogP contribution in [0.25, 0.3) is 0 Å². The monoisotopic (exact) mass is 388 g/mol. The molecule has 146 valence electrons. The largest absolute Gasteiger partial charge is 0.326 e. The second-order valence-electron chi connectivity index (χ2n) is 6.65. The number of thiazole rings is 1. The van der Waals surface area contributed by atoms with E-state index in [1.807, 2.05) is 17.5 Å². The highest BCUT2D eigenvalue weighted by molar-refractivity contribution is 7.10. The van der Waals surface area contributed by atoms with Crippen molar-refractivity contribution in [2.24, 2.45) is 0 Å². The van der Waals surface area contributed by atoms with Crippen LogP contribution in [0.5, 0.6) is 0 Å². The van der Waals surface area contributed by atoms with E-state index in [4.69, 9.17) is 0 Å². The number of anilines is 2. The Morgan fingerprint density at radius 3 is 2.67 bits per heavy atom. The number of hydrogen-bond acceptors (Lipinski definition) is 6. The van der Waals surface area contributed by atoms with Crippen LogP contribution in [0.15, 0.2) is 23.6 Å². The van der Waals surface area contributed by atoms with Gasteiger partial charge in [0.15, 0.2) is 0 Å². The summed E-state index contributed by atoms with van der Waals surface area (Å²) in [6, 6.07) is 5.38. The number of hydrogen-bond donors (Lipinski definition) is 3. The van der Waals surface area contributed by atoms with Crippen LogP contribution in [0.4, 0.5) is 16.4 Å². The zero-order valence-electron chi connectivity index (χ0n) is 16.0. The summed E-state index contributed by atoms with van der Waals surface area (Å²) in [5, 5.41) is 12.0. The van der Waals surface area contributed by atoms with Gasteiger partial charge in [-0.15, -0.1) is 11.3 Å². The van der Waals surface area contributed by atoms with Gasteiger partial charge < -0.3 is 5.32 Å². The van der Waals surface area contributed by atoms with Crippen molar-refractivity contribution in [3.8, 4) is 0 Å². The molecule has 3 heterocycles. The molecule has 3 N–H and O–H groups in total. The van der Waals surface area contributed by atoms with Crippen molar-refractivity contribution in [2.45, 2.75) is 39.2 Å². The molecule has 7 nitrogen and oxygen atoms in total. The maximum atomic E-state index is 12.3. The Labute approximate surface area is 164 Å². The molecule has 0 aliphatic carbocycles. The minimum Gasteiger partial charge on any atom is -0.317 e. The van der Waals surface area contributed by atoms with Gasteiger partial charge in [0.25, 0.3) is 0 Å². The first kappa shape index (κ1) is 19.7. The first-order valence-electron chi connectivity index (χ1n) is 9.60. The summed E-state index contributed by atoms with van der Waals surface area (Å²) in [5.74, 6) is 1.64. The van der Waals surface area contributed by atoms with Crippen molar-refractivity contribution in [3.05, 3.63) is 34.3 Å². The third-order valence-electron chi connectivity index (χ3n) is 4.78. The summed E-state index contributed by atoms with van der Waals surface area (Å²) < 4.78 is 0. The SMILES string of the molecule is CCN(CC)Cc1cccc(NC(=O)Nc2csc(C3CCNCC3)n2)n1. The molecule has 2 amide bonds. The van der Waals surface area contributed by atoms with Gasteiger partial charge >= 0.3 is 6.03 Å². The average molecular weight is 389 g/mol. The molecule has 0 spiro atoms. The molecule has 2 aromatic rings. The smallest absolute Gasteiger partial charge is 0.317 e. The lowest BCUT2D eigenvalue weighted by Gasteiger charge is -2.20. The maximum absolute atomic E-state index is 12.3. The molecule has 1 saturated heterocycles. The van der Waals surface area contributed by atoms with Gasteiger partial charge in [0.1, 0.15) is 11.6 Å². The van der Waals surface area contributed by atoms with Crippen LogP contribution in [0.1, 0.15) is 43.3 Å². The van der Waals surface area contributed by atoms with E-state index >= 15 is 0 Å². The number of pyridine rings is 1. The summed E-state index contributed by atoms with van der Waals surface area (Å²) >= 11 is 1.62. The summed E-state index contributed by atoms with van der Waals surface area (Å²) in [6.07, 6.45) is 2.20. The number of amides is 2. The summed E-state index contributed by atoms with van der Waals surface area (Å²) in [4.78, 5) is 23.7. The van der Waals surface area contributed by atoms with E-state index in [9.17, 15) is 4.79 Å². The van der Waals surface area contributed by atoms with Crippen LogP contribution in [-0.4, -0.2) is 47.1 Å². The van der Waals surface area contributed by atoms with Crippen LogP contribution in [0.3, 0.4) is 0 Å². The molecule has 0 aromatic carbocycles. The second-order valence-corrected chi connectivity index (χ2v) is 7.54. The van der Waals surface area contributed by atoms with E-state index in [0.717, 1.165) is 56.3 Å². The Morgan fingerprint density at radius 2 is 1.93 bits per heavy atom. The molecule has 2 aromatic heterocycles. The van der Waals surface area contributed by atoms with E-state index in [1.54, 1.807) is 17.4 Å². The average Bonchev–Trinajstić information content (AvgIpc) is 3.15. The first-order chi connectivity index (χ1) is 13.2. The number of rotatable bonds is 7. The highest BCUT2D eigenvalue weighted by Crippen LogP contribution is 2.29. The molecule has 1 aliphatic rings. The Kier molecular flexibility index (Phi) is 7.14. The number of carbonyl (C=O) groups is 1. The lowest BCUT2D eigenvalue weighted by Crippen LogP contribution is -2.26. The third kappa shape index (κ3) is 5.72. The minimum absolute atomic E-state index is 0.315. The molecule has 3 rings (SSSR count). The minimum atomic E-state index is -0.315. The molecule has 1 fully saturated rings. The molecular weight excluding hydrogens is 360 g/mol. The van der Waals surface area contributed by atoms with Gasteiger partial charge in [-0.05, 0) is 51.2 Å². The molecular formula is C19H28N6OS. The van der Waals surface area contributed by atoms with Gasteiger partial charge in [-0.2, -0.15) is 0 Å². The number of carbonyl (C=O) groups excluding carboxylic acids is 1. The van der Waals surface area contributed by atoms with E-state index in [1.165, 1.54) is 0 Å². The van der Waals surface area contributed by atoms with Crippen molar-refractivity contribution in [3.63, 3.8) is 0 Å². The van der Waals surface area contributed by atoms with Gasteiger partial charge in [0.2, 0.25) is 0 Å². The highest BCUT2D eigenvalue weighted by Gasteiger charge is 2.19. The lowest BCUT2D eigenvalue weighted by molar-refractivity contribution is 0.262. The quantitative estimate of drug-likeness (QED) is 0.676. The van der Waals surface area contributed by atoms with Crippen molar-refractivity contribution in [1.82, 2.24) is 20.2 Å². The molecule has 0 radical (unpaired) electrons. The van der Waals surface area contributed by atoms with Crippen LogP contribution in [0.2, 0.25) is 0 Å². The second kappa shape index (κ2) is 9.77. The Bertz CT molecular complexity index is 739. The number of aromatic nitrogens is 2. The molecule has 0 atom stereocenters. The topological polar surface area (TPSA) is 82.2 Å². The van der Waals surface area contributed by atoms with Crippen LogP contribution < -0.4 is 16.0 Å². The first-order valence-corrected chi connectivity index (χ1v) is 10.5. The fraction of sp³-hybridized carbons (Fsp3) is 0.526. The highest BCUT2D eigenvalue weighted by atomic mass is 32.1. The van der Waals surface area contributed by atoms with Crippen LogP contribution in [0, 0.1) is 0 Å². The molecule has 8 heteroatoms. The van der Waals surface area contributed by atoms with Crippen molar-refractivity contribution in [1.29, 1.82) is 0 Å². The lowest BCUT2D eigenvalue weighted by atomic mass is 9.99. The molecule has 0 saturated carbocycles. The number of nitrogens with one attached hydrogen (secondary N) is 3. The van der Waals surface area contributed by atoms with Gasteiger partial charge in [0.05, 0.1) is 10.7 Å². The zero-order chi connectivity index (χ0) is 19.1. The number of piperidine rings is 1. The van der Waals surface area contributed by atoms with Gasteiger partial charge in [-0.25, -0.2) is 14.8 Å². The fourth-order valence-corrected chi connectivity index (χ4v) is 4.10. The van der Waals surface area contributed by atoms with Gasteiger partial charge in [0, 0.05) is 17.8 Å². The fourth-order valence-electron chi connectivity index (χ4n) is 3.18. The molecule has 0 bridgehead atoms. The van der Waals surface area contributed by atoms with Crippen molar-refractivity contribution >= 4 is 29.0 Å². The van der Waals surface area contributed by atoms with E-state index in [2.05, 4.69) is 44.7 Å². The number of nitrogens with zero attached hydrogens (tertiary/aromatic N) is 3. The van der Waals surface area contributed by atoms with Crippen molar-refractivity contribution < 1.29 is 4.79 Å². The molecule has 0 unspecified atom stereocenters. The van der Waals surface area contributed by atoms with E-state index < -0.39 is 0 Å².